The van der Waals surface area contributed by atoms with Crippen molar-refractivity contribution in [1.82, 2.24) is 9.80 Å². The third kappa shape index (κ3) is 13.4. The molecular weight excluding hydrogens is 569 g/mol. The maximum Gasteiger partial charge on any atom is 0.0245 e. The van der Waals surface area contributed by atoms with Gasteiger partial charge in [-0.15, -0.1) is 0 Å². The minimum Gasteiger partial charge on any atom is -0.293 e. The van der Waals surface area contributed by atoms with Crippen LogP contribution in [0.3, 0.4) is 0 Å². The average Bonchev–Trinajstić information content (AvgIpc) is 3.23. The average molecular weight is 667 g/mol. The van der Waals surface area contributed by atoms with Crippen molar-refractivity contribution in [2.24, 2.45) is 23.7 Å². The zero-order chi connectivity index (χ0) is 34.2. The minimum atomic E-state index is 0. The van der Waals surface area contributed by atoms with E-state index in [1.54, 1.807) is 33.4 Å². The molecule has 0 unspecified atom stereocenters. The number of nitrogens with zero attached hydrogens (tertiary/aromatic N) is 2. The van der Waals surface area contributed by atoms with Crippen LogP contribution in [0.25, 0.3) is 0 Å². The monoisotopic (exact) mass is 667 g/mol. The normalized spacial score (nSPS) is 26.3. The molecular formula is C45H98N2. The first-order valence-electron chi connectivity index (χ1n) is 19.2. The topological polar surface area (TPSA) is 6.48 Å². The van der Waals surface area contributed by atoms with E-state index in [1.807, 2.05) is 55.4 Å². The molecule has 2 heteroatoms. The second-order valence-electron chi connectivity index (χ2n) is 12.5. The first-order valence-corrected chi connectivity index (χ1v) is 19.2. The van der Waals surface area contributed by atoms with Crippen LogP contribution in [-0.2, 0) is 38.8 Å². The molecule has 2 fully saturated rings. The van der Waals surface area contributed by atoms with Gasteiger partial charge in [0.25, 0.3) is 0 Å². The standard InChI is InChI=1S/C33H58N2.4C2H6.4CH4/c1-13-28-30(15-3)33(19-35-26(11)22(7)23(8)27(35)12)31(16-4)29(14-2)32(28)18-34-24(9)20(5)17-21(6)25(34)10;4*1-2;;;;/h20-27H,13-19H2,1-12H3;4*1-2H3;4*1H4/t20-,21+,22-,23+,24-,25+,26-,27+;;;;;;;;. The Bertz CT molecular complexity index is 797. The molecule has 0 radical (unpaired) electrons. The fourth-order valence-electron chi connectivity index (χ4n) is 7.98. The van der Waals surface area contributed by atoms with E-state index in [2.05, 4.69) is 92.9 Å². The fourth-order valence-corrected chi connectivity index (χ4v) is 7.98. The maximum atomic E-state index is 2.86. The Hall–Kier alpha value is -0.860. The summed E-state index contributed by atoms with van der Waals surface area (Å²) in [6.45, 7) is 47.7. The molecule has 0 spiro atoms. The van der Waals surface area contributed by atoms with Gasteiger partial charge in [0.1, 0.15) is 0 Å². The zero-order valence-electron chi connectivity index (χ0n) is 33.5. The highest BCUT2D eigenvalue weighted by molar-refractivity contribution is 5.53. The summed E-state index contributed by atoms with van der Waals surface area (Å²) in [5.74, 6) is 3.08. The highest BCUT2D eigenvalue weighted by Crippen LogP contribution is 2.40. The van der Waals surface area contributed by atoms with Crippen LogP contribution in [0.15, 0.2) is 0 Å². The van der Waals surface area contributed by atoms with Gasteiger partial charge in [0, 0.05) is 37.3 Å². The summed E-state index contributed by atoms with van der Waals surface area (Å²) in [5.41, 5.74) is 10.1. The molecule has 288 valence electrons. The number of benzene rings is 1. The quantitative estimate of drug-likeness (QED) is 0.272. The number of hydrogen-bond acceptors (Lipinski definition) is 2. The van der Waals surface area contributed by atoms with Crippen LogP contribution >= 0.6 is 0 Å². The van der Waals surface area contributed by atoms with Crippen LogP contribution in [0.4, 0.5) is 0 Å². The van der Waals surface area contributed by atoms with Gasteiger partial charge in [-0.2, -0.15) is 0 Å². The van der Waals surface area contributed by atoms with Crippen LogP contribution < -0.4 is 0 Å². The van der Waals surface area contributed by atoms with E-state index >= 15 is 0 Å². The van der Waals surface area contributed by atoms with Crippen molar-refractivity contribution in [3.05, 3.63) is 33.4 Å². The van der Waals surface area contributed by atoms with Crippen molar-refractivity contribution in [3.63, 3.8) is 0 Å². The molecule has 47 heavy (non-hydrogen) atoms. The van der Waals surface area contributed by atoms with Crippen molar-refractivity contribution >= 4 is 0 Å². The lowest BCUT2D eigenvalue weighted by Crippen LogP contribution is -2.51. The summed E-state index contributed by atoms with van der Waals surface area (Å²) in [5, 5.41) is 0. The molecule has 0 aromatic heterocycles. The molecule has 0 aliphatic carbocycles. The first-order chi connectivity index (χ1) is 20.5. The maximum absolute atomic E-state index is 2.86. The number of rotatable bonds is 8. The van der Waals surface area contributed by atoms with Crippen LogP contribution in [0.1, 0.15) is 208 Å². The smallest absolute Gasteiger partial charge is 0.0245 e. The van der Waals surface area contributed by atoms with E-state index < -0.39 is 0 Å². The third-order valence-electron chi connectivity index (χ3n) is 11.1. The molecule has 2 aliphatic rings. The molecule has 0 saturated carbocycles. The van der Waals surface area contributed by atoms with Gasteiger partial charge in [0.2, 0.25) is 0 Å². The van der Waals surface area contributed by atoms with Gasteiger partial charge in [-0.3, -0.25) is 9.80 Å². The van der Waals surface area contributed by atoms with Crippen molar-refractivity contribution < 1.29 is 0 Å². The molecule has 2 aliphatic heterocycles. The second kappa shape index (κ2) is 30.0. The zero-order valence-corrected chi connectivity index (χ0v) is 33.5. The molecule has 1 aromatic rings. The highest BCUT2D eigenvalue weighted by atomic mass is 15.2. The van der Waals surface area contributed by atoms with Crippen molar-refractivity contribution in [1.29, 1.82) is 0 Å². The second-order valence-corrected chi connectivity index (χ2v) is 12.5. The molecule has 0 amide bonds. The van der Waals surface area contributed by atoms with Gasteiger partial charge >= 0.3 is 0 Å². The molecule has 3 rings (SSSR count). The van der Waals surface area contributed by atoms with Gasteiger partial charge in [0.15, 0.2) is 0 Å². The van der Waals surface area contributed by atoms with E-state index in [0.29, 0.717) is 24.2 Å². The lowest BCUT2D eigenvalue weighted by Gasteiger charge is -2.47. The van der Waals surface area contributed by atoms with Crippen LogP contribution in [0, 0.1) is 23.7 Å². The van der Waals surface area contributed by atoms with Crippen molar-refractivity contribution in [2.75, 3.05) is 0 Å². The third-order valence-corrected chi connectivity index (χ3v) is 11.1. The summed E-state index contributed by atoms with van der Waals surface area (Å²) in [7, 11) is 0. The molecule has 2 nitrogen and oxygen atoms in total. The number of hydrogen-bond donors (Lipinski definition) is 0. The first kappa shape index (κ1) is 58.4. The van der Waals surface area contributed by atoms with Crippen LogP contribution in [0.2, 0.25) is 0 Å². The van der Waals surface area contributed by atoms with Gasteiger partial charge in [0.05, 0.1) is 0 Å². The fraction of sp³-hybridized carbons (Fsp3) is 0.867. The molecule has 2 heterocycles. The summed E-state index contributed by atoms with van der Waals surface area (Å²) in [6.07, 6.45) is 5.98. The molecule has 0 bridgehead atoms. The Labute approximate surface area is 303 Å². The highest BCUT2D eigenvalue weighted by Gasteiger charge is 2.40. The van der Waals surface area contributed by atoms with Gasteiger partial charge in [-0.1, -0.05) is 140 Å². The van der Waals surface area contributed by atoms with Gasteiger partial charge in [-0.05, 0) is 117 Å². The van der Waals surface area contributed by atoms with Crippen molar-refractivity contribution in [2.45, 2.75) is 238 Å². The Morgan fingerprint density at radius 2 is 0.596 bits per heavy atom. The van der Waals surface area contributed by atoms with E-state index in [9.17, 15) is 0 Å². The van der Waals surface area contributed by atoms with E-state index in [-0.39, 0.29) is 29.7 Å². The molecule has 1 aromatic carbocycles. The van der Waals surface area contributed by atoms with Crippen LogP contribution in [0.5, 0.6) is 0 Å². The Morgan fingerprint density at radius 1 is 0.383 bits per heavy atom. The van der Waals surface area contributed by atoms with Crippen LogP contribution in [-0.4, -0.2) is 34.0 Å². The summed E-state index contributed by atoms with van der Waals surface area (Å²) in [6, 6.07) is 2.61. The number of piperidine rings is 1. The summed E-state index contributed by atoms with van der Waals surface area (Å²) in [4.78, 5) is 5.69. The Balaban J connectivity index is -0.000000325. The van der Waals surface area contributed by atoms with E-state index in [4.69, 9.17) is 0 Å². The predicted molar refractivity (Wildman–Crippen MR) is 226 cm³/mol. The SMILES string of the molecule is C.C.C.C.CC.CC.CC.CC.CCc1c(CC)c(CN2[C@H](C)[C@H](C)C[C@H](C)[C@@H]2C)c(CC)c(CC)c1CN1[C@H](C)[C@H](C)[C@H](C)[C@@H]1C. The largest absolute Gasteiger partial charge is 0.293 e. The van der Waals surface area contributed by atoms with E-state index in [0.717, 1.165) is 62.4 Å². The lowest BCUT2D eigenvalue weighted by atomic mass is 9.79. The van der Waals surface area contributed by atoms with Gasteiger partial charge < -0.3 is 0 Å². The number of likely N-dealkylation sites (tertiary alicyclic amines) is 2. The molecule has 2 saturated heterocycles. The molecule has 8 atom stereocenters. The van der Waals surface area contributed by atoms with E-state index in [1.165, 1.54) is 6.42 Å². The summed E-state index contributed by atoms with van der Waals surface area (Å²) >= 11 is 0. The molecule has 0 N–H and O–H groups in total. The van der Waals surface area contributed by atoms with Crippen molar-refractivity contribution in [3.8, 4) is 0 Å². The van der Waals surface area contributed by atoms with Gasteiger partial charge in [-0.25, -0.2) is 0 Å². The summed E-state index contributed by atoms with van der Waals surface area (Å²) < 4.78 is 0. The predicted octanol–water partition coefficient (Wildman–Crippen LogP) is 14.7. The Kier molecular flexibility index (Phi) is 37.3. The lowest BCUT2D eigenvalue weighted by molar-refractivity contribution is 0.0206. The Morgan fingerprint density at radius 3 is 0.809 bits per heavy atom. The minimum absolute atomic E-state index is 0.